The Labute approximate surface area is 91.2 Å². The molecule has 1 atom stereocenters. The zero-order valence-electron chi connectivity index (χ0n) is 10.6. The Hall–Kier alpha value is 0.137. The molecule has 0 aromatic rings. The normalized spacial score (nSPS) is 15.6. The van der Waals surface area contributed by atoms with Gasteiger partial charge in [-0.25, -0.2) is 4.89 Å². The molecule has 0 fully saturated rings. The Bertz CT molecular complexity index is 141. The predicted octanol–water partition coefficient (Wildman–Crippen LogP) is 3.06. The molecule has 0 saturated carbocycles. The molecule has 0 radical (unpaired) electrons. The van der Waals surface area contributed by atoms with Crippen LogP contribution in [0.4, 0.5) is 0 Å². The second-order valence-corrected chi connectivity index (χ2v) is 6.89. The van der Waals surface area contributed by atoms with E-state index in [1.54, 1.807) is 0 Å². The quantitative estimate of drug-likeness (QED) is 0.387. The maximum atomic E-state index is 5.41. The van der Waals surface area contributed by atoms with Crippen LogP contribution in [0, 0.1) is 5.92 Å². The molecule has 0 bridgehead atoms. The molecule has 14 heavy (non-hydrogen) atoms. The van der Waals surface area contributed by atoms with Gasteiger partial charge in [-0.05, 0) is 32.2 Å². The van der Waals surface area contributed by atoms with Crippen LogP contribution in [0.2, 0.25) is 5.54 Å². The molecule has 3 heteroatoms. The van der Waals surface area contributed by atoms with Gasteiger partial charge in [0.15, 0.2) is 0 Å². The highest BCUT2D eigenvalue weighted by molar-refractivity contribution is 6.29. The lowest BCUT2D eigenvalue weighted by Gasteiger charge is -2.23. The van der Waals surface area contributed by atoms with Crippen LogP contribution >= 0.6 is 0 Å². The number of hydrogen-bond acceptors (Lipinski definition) is 2. The zero-order valence-corrected chi connectivity index (χ0v) is 12.0. The third-order valence-corrected chi connectivity index (χ3v) is 4.23. The van der Waals surface area contributed by atoms with Crippen molar-refractivity contribution in [2.24, 2.45) is 5.92 Å². The van der Waals surface area contributed by atoms with E-state index >= 15 is 0 Å². The van der Waals surface area contributed by atoms with Gasteiger partial charge in [0.05, 0.1) is 5.60 Å². The van der Waals surface area contributed by atoms with Gasteiger partial charge in [0.1, 0.15) is 0 Å². The second kappa shape index (κ2) is 6.59. The van der Waals surface area contributed by atoms with Gasteiger partial charge in [-0.3, -0.25) is 4.58 Å². The summed E-state index contributed by atoms with van der Waals surface area (Å²) in [7, 11) is -0.535. The molecule has 0 aromatic heterocycles. The largest absolute Gasteiger partial charge is 0.294 e. The smallest absolute Gasteiger partial charge is 0.212 e. The maximum absolute atomic E-state index is 5.41. The Balaban J connectivity index is 3.72. The van der Waals surface area contributed by atoms with Crippen LogP contribution < -0.4 is 0 Å². The first kappa shape index (κ1) is 14.1. The SMILES string of the molecule is CCCC([SiH2]OOC(C)(C)C)C(C)C. The maximum Gasteiger partial charge on any atom is 0.212 e. The van der Waals surface area contributed by atoms with E-state index < -0.39 is 9.76 Å². The lowest BCUT2D eigenvalue weighted by molar-refractivity contribution is -0.278. The summed E-state index contributed by atoms with van der Waals surface area (Å²) < 4.78 is 5.41. The van der Waals surface area contributed by atoms with Crippen LogP contribution in [0.25, 0.3) is 0 Å². The highest BCUT2D eigenvalue weighted by Gasteiger charge is 2.17. The van der Waals surface area contributed by atoms with Gasteiger partial charge < -0.3 is 0 Å². The van der Waals surface area contributed by atoms with Crippen LogP contribution in [-0.2, 0) is 9.46 Å². The van der Waals surface area contributed by atoms with Gasteiger partial charge in [-0.1, -0.05) is 33.6 Å². The fraction of sp³-hybridized carbons (Fsp3) is 1.00. The molecule has 0 heterocycles. The van der Waals surface area contributed by atoms with Crippen molar-refractivity contribution < 1.29 is 9.46 Å². The minimum Gasteiger partial charge on any atom is -0.294 e. The van der Waals surface area contributed by atoms with Crippen molar-refractivity contribution in [1.82, 2.24) is 0 Å². The Kier molecular flexibility index (Phi) is 6.65. The van der Waals surface area contributed by atoms with Crippen LogP contribution in [0.5, 0.6) is 0 Å². The third-order valence-electron chi connectivity index (χ3n) is 2.19. The lowest BCUT2D eigenvalue weighted by atomic mass is 10.1. The number of hydrogen-bond donors (Lipinski definition) is 0. The van der Waals surface area contributed by atoms with Crippen molar-refractivity contribution in [1.29, 1.82) is 0 Å². The lowest BCUT2D eigenvalue weighted by Crippen LogP contribution is -2.23. The number of rotatable bonds is 6. The summed E-state index contributed by atoms with van der Waals surface area (Å²) in [6, 6.07) is 0. The topological polar surface area (TPSA) is 18.5 Å². The predicted molar refractivity (Wildman–Crippen MR) is 64.0 cm³/mol. The fourth-order valence-corrected chi connectivity index (χ4v) is 2.83. The minimum atomic E-state index is -0.535. The van der Waals surface area contributed by atoms with E-state index in [0.717, 1.165) is 11.5 Å². The van der Waals surface area contributed by atoms with Gasteiger partial charge in [0, 0.05) is 0 Å². The van der Waals surface area contributed by atoms with Crippen molar-refractivity contribution in [3.05, 3.63) is 0 Å². The van der Waals surface area contributed by atoms with Crippen molar-refractivity contribution in [2.45, 2.75) is 65.5 Å². The molecular weight excluding hydrogens is 192 g/mol. The molecule has 0 amide bonds. The summed E-state index contributed by atoms with van der Waals surface area (Å²) in [6.45, 7) is 12.8. The first-order chi connectivity index (χ1) is 6.37. The van der Waals surface area contributed by atoms with E-state index in [4.69, 9.17) is 9.46 Å². The molecule has 86 valence electrons. The van der Waals surface area contributed by atoms with E-state index in [9.17, 15) is 0 Å². The molecule has 0 aromatic carbocycles. The standard InChI is InChI=1S/C11H26O2Si/c1-7-8-10(9(2)3)14-13-12-11(4,5)6/h9-10H,7-8,14H2,1-6H3. The molecule has 0 N–H and O–H groups in total. The molecule has 0 aliphatic carbocycles. The first-order valence-electron chi connectivity index (χ1n) is 5.67. The van der Waals surface area contributed by atoms with Crippen LogP contribution in [0.15, 0.2) is 0 Å². The molecule has 2 nitrogen and oxygen atoms in total. The van der Waals surface area contributed by atoms with E-state index in [2.05, 4.69) is 20.8 Å². The van der Waals surface area contributed by atoms with Gasteiger partial charge >= 0.3 is 0 Å². The summed E-state index contributed by atoms with van der Waals surface area (Å²) in [6.07, 6.45) is 2.52. The molecule has 0 aliphatic rings. The summed E-state index contributed by atoms with van der Waals surface area (Å²) in [4.78, 5) is 5.32. The summed E-state index contributed by atoms with van der Waals surface area (Å²) in [5, 5.41) is 0. The fourth-order valence-electron chi connectivity index (χ4n) is 1.28. The van der Waals surface area contributed by atoms with Gasteiger partial charge in [0.25, 0.3) is 0 Å². The highest BCUT2D eigenvalue weighted by atomic mass is 28.2. The van der Waals surface area contributed by atoms with E-state index in [-0.39, 0.29) is 5.60 Å². The van der Waals surface area contributed by atoms with Crippen molar-refractivity contribution in [3.8, 4) is 0 Å². The van der Waals surface area contributed by atoms with Crippen LogP contribution in [0.1, 0.15) is 54.4 Å². The Morgan fingerprint density at radius 1 is 1.21 bits per heavy atom. The Morgan fingerprint density at radius 3 is 2.14 bits per heavy atom. The molecule has 0 spiro atoms. The molecule has 0 aliphatic heterocycles. The second-order valence-electron chi connectivity index (χ2n) is 5.27. The molecule has 1 unspecified atom stereocenters. The summed E-state index contributed by atoms with van der Waals surface area (Å²) in [5.74, 6) is 0.727. The Morgan fingerprint density at radius 2 is 1.79 bits per heavy atom. The van der Waals surface area contributed by atoms with Gasteiger partial charge in [0.2, 0.25) is 9.76 Å². The van der Waals surface area contributed by atoms with E-state index in [0.29, 0.717) is 0 Å². The molecule has 0 rings (SSSR count). The summed E-state index contributed by atoms with van der Waals surface area (Å²) >= 11 is 0. The van der Waals surface area contributed by atoms with Crippen molar-refractivity contribution in [2.75, 3.05) is 0 Å². The average Bonchev–Trinajstić information content (AvgIpc) is 2.00. The van der Waals surface area contributed by atoms with Crippen LogP contribution in [-0.4, -0.2) is 15.4 Å². The van der Waals surface area contributed by atoms with E-state index in [1.807, 2.05) is 20.8 Å². The summed E-state index contributed by atoms with van der Waals surface area (Å²) in [5.41, 5.74) is 0.586. The van der Waals surface area contributed by atoms with E-state index in [1.165, 1.54) is 12.8 Å². The van der Waals surface area contributed by atoms with Crippen LogP contribution in [0.3, 0.4) is 0 Å². The molecular formula is C11H26O2Si. The van der Waals surface area contributed by atoms with Gasteiger partial charge in [-0.15, -0.1) is 0 Å². The first-order valence-corrected chi connectivity index (χ1v) is 7.06. The zero-order chi connectivity index (χ0) is 11.2. The van der Waals surface area contributed by atoms with Crippen molar-refractivity contribution in [3.63, 3.8) is 0 Å². The third kappa shape index (κ3) is 7.53. The minimum absolute atomic E-state index is 0.166. The monoisotopic (exact) mass is 218 g/mol. The average molecular weight is 218 g/mol. The van der Waals surface area contributed by atoms with Gasteiger partial charge in [-0.2, -0.15) is 0 Å². The molecule has 0 saturated heterocycles. The highest BCUT2D eigenvalue weighted by Crippen LogP contribution is 2.23. The van der Waals surface area contributed by atoms with Crippen molar-refractivity contribution >= 4 is 9.76 Å².